The number of thiophene rings is 2. The number of aliphatic imine (C=N–C) groups is 3. The van der Waals surface area contributed by atoms with Gasteiger partial charge in [-0.25, -0.2) is 9.98 Å². The highest BCUT2D eigenvalue weighted by molar-refractivity contribution is 7.26. The molecule has 3 heterocycles. The van der Waals surface area contributed by atoms with Gasteiger partial charge in [0.2, 0.25) is 0 Å². The van der Waals surface area contributed by atoms with E-state index in [1.165, 1.54) is 79.3 Å². The topological polar surface area (TPSA) is 50.2 Å². The largest absolute Gasteiger partial charge is 0.456 e. The second-order valence-corrected chi connectivity index (χ2v) is 20.1. The first-order valence-corrected chi connectivity index (χ1v) is 24.2. The van der Waals surface area contributed by atoms with Gasteiger partial charge >= 0.3 is 0 Å². The monoisotopic (exact) mass is 895 g/mol. The van der Waals surface area contributed by atoms with Gasteiger partial charge in [-0.15, -0.1) is 22.7 Å². The van der Waals surface area contributed by atoms with E-state index in [9.17, 15) is 0 Å². The van der Waals surface area contributed by atoms with Crippen LogP contribution < -0.4 is 0 Å². The summed E-state index contributed by atoms with van der Waals surface area (Å²) in [6.07, 6.45) is 0. The minimum absolute atomic E-state index is 0.157. The van der Waals surface area contributed by atoms with Crippen molar-refractivity contribution in [1.82, 2.24) is 0 Å². The molecule has 3 aromatic heterocycles. The number of amidine groups is 2. The molecular formula is C61H41N3OS2. The Morgan fingerprint density at radius 1 is 0.493 bits per heavy atom. The molecule has 1 aliphatic rings. The van der Waals surface area contributed by atoms with E-state index in [1.807, 2.05) is 40.9 Å². The molecular weight excluding hydrogens is 855 g/mol. The molecule has 67 heavy (non-hydrogen) atoms. The third-order valence-electron chi connectivity index (χ3n) is 13.7. The van der Waals surface area contributed by atoms with Crippen LogP contribution in [0.1, 0.15) is 41.7 Å². The maximum Gasteiger partial charge on any atom is 0.161 e. The first-order chi connectivity index (χ1) is 32.9. The fourth-order valence-electron chi connectivity index (χ4n) is 10.5. The van der Waals surface area contributed by atoms with Gasteiger partial charge < -0.3 is 4.42 Å². The fourth-order valence-corrected chi connectivity index (χ4v) is 12.8. The summed E-state index contributed by atoms with van der Waals surface area (Å²) in [6, 6.07) is 67.5. The summed E-state index contributed by atoms with van der Waals surface area (Å²) in [4.78, 5) is 15.0. The zero-order chi connectivity index (χ0) is 44.8. The maximum absolute atomic E-state index is 6.63. The molecule has 0 fully saturated rings. The van der Waals surface area contributed by atoms with Crippen molar-refractivity contribution in [3.8, 4) is 33.4 Å². The van der Waals surface area contributed by atoms with Gasteiger partial charge in [-0.3, -0.25) is 4.99 Å². The van der Waals surface area contributed by atoms with Crippen molar-refractivity contribution in [1.29, 1.82) is 0 Å². The molecule has 9 aromatic carbocycles. The Kier molecular flexibility index (Phi) is 9.11. The van der Waals surface area contributed by atoms with Crippen LogP contribution in [0.3, 0.4) is 0 Å². The molecule has 0 N–H and O–H groups in total. The fraction of sp³-hybridized carbons (Fsp3) is 0.0656. The molecule has 6 heteroatoms. The molecule has 4 nitrogen and oxygen atoms in total. The predicted molar refractivity (Wildman–Crippen MR) is 287 cm³/mol. The van der Waals surface area contributed by atoms with Crippen LogP contribution in [0.5, 0.6) is 0 Å². The molecule has 0 saturated heterocycles. The maximum atomic E-state index is 6.63. The minimum Gasteiger partial charge on any atom is -0.456 e. The zero-order valence-electron chi connectivity index (χ0n) is 36.9. The molecule has 0 unspecified atom stereocenters. The van der Waals surface area contributed by atoms with Gasteiger partial charge in [0, 0.05) is 67.7 Å². The number of rotatable bonds is 6. The van der Waals surface area contributed by atoms with Gasteiger partial charge in [0.05, 0.1) is 6.54 Å². The Morgan fingerprint density at radius 3 is 2.07 bits per heavy atom. The standard InChI is InChI=1S/C61H41N3OS2/c1-61(2)48-20-10-7-17-42(48)43-27-25-39(33-49(43)61)59(62-3)64-60(36-14-5-4-6-15-36)63-35-40-16-13-21-51-56(40)47-32-38(26-30-50(47)65-51)57-41(29-31-54-58(57)46-19-9-12-23-53(46)66-54)37-24-28-45-44-18-8-11-22-52(44)67-55(45)34-37/h4-34H,3,35H2,1-2H3. The van der Waals surface area contributed by atoms with E-state index in [2.05, 4.69) is 195 Å². The normalized spacial score (nSPS) is 13.6. The molecule has 0 amide bonds. The van der Waals surface area contributed by atoms with Crippen LogP contribution in [0.15, 0.2) is 207 Å². The third-order valence-corrected chi connectivity index (χ3v) is 16.0. The summed E-state index contributed by atoms with van der Waals surface area (Å²) in [5.74, 6) is 1.12. The molecule has 0 radical (unpaired) electrons. The van der Waals surface area contributed by atoms with Gasteiger partial charge in [0.15, 0.2) is 11.7 Å². The van der Waals surface area contributed by atoms with Crippen molar-refractivity contribution in [3.05, 3.63) is 216 Å². The van der Waals surface area contributed by atoms with Crippen LogP contribution in [0, 0.1) is 0 Å². The van der Waals surface area contributed by atoms with Gasteiger partial charge in [-0.2, -0.15) is 0 Å². The van der Waals surface area contributed by atoms with Crippen LogP contribution in [-0.4, -0.2) is 18.4 Å². The van der Waals surface area contributed by atoms with Crippen molar-refractivity contribution >= 4 is 103 Å². The van der Waals surface area contributed by atoms with E-state index in [1.54, 1.807) is 0 Å². The molecule has 0 aliphatic heterocycles. The molecule has 13 rings (SSSR count). The Morgan fingerprint density at radius 2 is 1.21 bits per heavy atom. The number of fused-ring (bicyclic) bond motifs is 12. The average molecular weight is 896 g/mol. The second-order valence-electron chi connectivity index (χ2n) is 17.9. The highest BCUT2D eigenvalue weighted by atomic mass is 32.1. The summed E-state index contributed by atoms with van der Waals surface area (Å²) in [5.41, 5.74) is 14.3. The van der Waals surface area contributed by atoms with E-state index in [-0.39, 0.29) is 5.41 Å². The van der Waals surface area contributed by atoms with Crippen LogP contribution in [0.4, 0.5) is 0 Å². The third kappa shape index (κ3) is 6.35. The molecule has 12 aromatic rings. The van der Waals surface area contributed by atoms with Crippen LogP contribution in [0.2, 0.25) is 0 Å². The highest BCUT2D eigenvalue weighted by Gasteiger charge is 2.35. The lowest BCUT2D eigenvalue weighted by Gasteiger charge is -2.21. The number of furan rings is 1. The predicted octanol–water partition coefficient (Wildman–Crippen LogP) is 17.1. The highest BCUT2D eigenvalue weighted by Crippen LogP contribution is 2.50. The van der Waals surface area contributed by atoms with E-state index in [0.29, 0.717) is 18.2 Å². The lowest BCUT2D eigenvalue weighted by atomic mass is 9.82. The quantitative estimate of drug-likeness (QED) is 0.121. The van der Waals surface area contributed by atoms with Crippen molar-refractivity contribution < 1.29 is 4.42 Å². The number of nitrogens with zero attached hydrogens (tertiary/aromatic N) is 3. The van der Waals surface area contributed by atoms with Crippen LogP contribution in [-0.2, 0) is 12.0 Å². The number of benzene rings is 9. The van der Waals surface area contributed by atoms with Crippen LogP contribution >= 0.6 is 22.7 Å². The van der Waals surface area contributed by atoms with Crippen molar-refractivity contribution in [2.45, 2.75) is 25.8 Å². The smallest absolute Gasteiger partial charge is 0.161 e. The first-order valence-electron chi connectivity index (χ1n) is 22.6. The minimum atomic E-state index is -0.157. The number of hydrogen-bond donors (Lipinski definition) is 0. The average Bonchev–Trinajstić information content (AvgIpc) is 4.12. The molecule has 1 aliphatic carbocycles. The Balaban J connectivity index is 0.949. The second kappa shape index (κ2) is 15.4. The summed E-state index contributed by atoms with van der Waals surface area (Å²) in [6.45, 7) is 8.96. The summed E-state index contributed by atoms with van der Waals surface area (Å²) < 4.78 is 11.8. The Bertz CT molecular complexity index is 4070. The number of hydrogen-bond acceptors (Lipinski definition) is 4. The van der Waals surface area contributed by atoms with Gasteiger partial charge in [-0.05, 0) is 105 Å². The van der Waals surface area contributed by atoms with Crippen LogP contribution in [0.25, 0.3) is 95.7 Å². The Labute approximate surface area is 395 Å². The van der Waals surface area contributed by atoms with E-state index in [4.69, 9.17) is 14.4 Å². The molecule has 318 valence electrons. The zero-order valence-corrected chi connectivity index (χ0v) is 38.5. The molecule has 0 atom stereocenters. The summed E-state index contributed by atoms with van der Waals surface area (Å²) in [7, 11) is 0. The van der Waals surface area contributed by atoms with E-state index >= 15 is 0 Å². The molecule has 0 bridgehead atoms. The first kappa shape index (κ1) is 39.6. The summed E-state index contributed by atoms with van der Waals surface area (Å²) in [5, 5.41) is 7.26. The molecule has 0 saturated carbocycles. The van der Waals surface area contributed by atoms with Crippen molar-refractivity contribution in [2.75, 3.05) is 0 Å². The molecule has 0 spiro atoms. The van der Waals surface area contributed by atoms with Gasteiger partial charge in [0.25, 0.3) is 0 Å². The Hall–Kier alpha value is -7.77. The lowest BCUT2D eigenvalue weighted by molar-refractivity contribution is 0.660. The summed E-state index contributed by atoms with van der Waals surface area (Å²) >= 11 is 3.71. The van der Waals surface area contributed by atoms with Crippen molar-refractivity contribution in [3.63, 3.8) is 0 Å². The van der Waals surface area contributed by atoms with Crippen molar-refractivity contribution in [2.24, 2.45) is 15.0 Å². The van der Waals surface area contributed by atoms with E-state index in [0.717, 1.165) is 44.2 Å². The van der Waals surface area contributed by atoms with Gasteiger partial charge in [-0.1, -0.05) is 153 Å². The van der Waals surface area contributed by atoms with E-state index < -0.39 is 0 Å². The lowest BCUT2D eigenvalue weighted by Crippen LogP contribution is -2.15. The SMILES string of the molecule is C=NC(=NC(=NCc1cccc2oc3ccc(-c4c(-c5ccc6c(c5)sc5ccccc56)ccc5sc6ccccc6c45)cc3c12)c1ccccc1)c1ccc2c(c1)C(C)(C)c1ccccc1-2. The van der Waals surface area contributed by atoms with Gasteiger partial charge in [0.1, 0.15) is 11.2 Å².